The van der Waals surface area contributed by atoms with Gasteiger partial charge in [-0.15, -0.1) is 0 Å². The molecular formula is C13H14N4O. The highest BCUT2D eigenvalue weighted by atomic mass is 16.1. The molecule has 2 aromatic rings. The predicted octanol–water partition coefficient (Wildman–Crippen LogP) is 1.28. The summed E-state index contributed by atoms with van der Waals surface area (Å²) in [5, 5.41) is 10.2. The van der Waals surface area contributed by atoms with E-state index in [1.807, 2.05) is 25.2 Å². The number of hydrogen-bond donors (Lipinski definition) is 2. The average molecular weight is 242 g/mol. The van der Waals surface area contributed by atoms with Crippen LogP contribution in [0.2, 0.25) is 0 Å². The molecular weight excluding hydrogens is 228 g/mol. The Labute approximate surface area is 105 Å². The SMILES string of the molecule is Cn1ccc(NC(=O)c2ccc3c(c2)CNC3)n1. The van der Waals surface area contributed by atoms with E-state index >= 15 is 0 Å². The highest BCUT2D eigenvalue weighted by Gasteiger charge is 2.13. The largest absolute Gasteiger partial charge is 0.309 e. The number of carbonyl (C=O) groups is 1. The quantitative estimate of drug-likeness (QED) is 0.834. The van der Waals surface area contributed by atoms with Gasteiger partial charge in [0, 0.05) is 38.0 Å². The molecule has 5 nitrogen and oxygen atoms in total. The number of fused-ring (bicyclic) bond motifs is 1. The van der Waals surface area contributed by atoms with E-state index in [9.17, 15) is 4.79 Å². The van der Waals surface area contributed by atoms with Crippen molar-refractivity contribution >= 4 is 11.7 Å². The minimum absolute atomic E-state index is 0.122. The number of aromatic nitrogens is 2. The fourth-order valence-corrected chi connectivity index (χ4v) is 2.11. The van der Waals surface area contributed by atoms with Crippen molar-refractivity contribution in [3.8, 4) is 0 Å². The molecule has 92 valence electrons. The first kappa shape index (κ1) is 11.0. The monoisotopic (exact) mass is 242 g/mol. The van der Waals surface area contributed by atoms with Gasteiger partial charge in [-0.05, 0) is 23.3 Å². The van der Waals surface area contributed by atoms with Crippen molar-refractivity contribution in [3.05, 3.63) is 47.2 Å². The Kier molecular flexibility index (Phi) is 2.60. The summed E-state index contributed by atoms with van der Waals surface area (Å²) in [6.07, 6.45) is 1.79. The van der Waals surface area contributed by atoms with Crippen LogP contribution < -0.4 is 10.6 Å². The van der Waals surface area contributed by atoms with E-state index in [0.29, 0.717) is 11.4 Å². The number of rotatable bonds is 2. The van der Waals surface area contributed by atoms with Gasteiger partial charge in [0.15, 0.2) is 5.82 Å². The third-order valence-electron chi connectivity index (χ3n) is 3.05. The summed E-state index contributed by atoms with van der Waals surface area (Å²) < 4.78 is 1.65. The standard InChI is InChI=1S/C13H14N4O/c1-17-5-4-12(16-17)15-13(18)9-2-3-10-7-14-8-11(10)6-9/h2-6,14H,7-8H2,1H3,(H,15,16,18). The van der Waals surface area contributed by atoms with Crippen LogP contribution >= 0.6 is 0 Å². The van der Waals surface area contributed by atoms with Crippen LogP contribution in [0.3, 0.4) is 0 Å². The third kappa shape index (κ3) is 2.00. The van der Waals surface area contributed by atoms with Crippen LogP contribution in [-0.4, -0.2) is 15.7 Å². The summed E-state index contributed by atoms with van der Waals surface area (Å²) in [6.45, 7) is 1.72. The smallest absolute Gasteiger partial charge is 0.256 e. The Morgan fingerprint density at radius 2 is 2.17 bits per heavy atom. The molecule has 1 aromatic heterocycles. The van der Waals surface area contributed by atoms with E-state index in [-0.39, 0.29) is 5.91 Å². The summed E-state index contributed by atoms with van der Waals surface area (Å²) in [5.41, 5.74) is 3.14. The Hall–Kier alpha value is -2.14. The number of amides is 1. The van der Waals surface area contributed by atoms with Crippen molar-refractivity contribution in [2.45, 2.75) is 13.1 Å². The van der Waals surface area contributed by atoms with Crippen LogP contribution in [0.4, 0.5) is 5.82 Å². The lowest BCUT2D eigenvalue weighted by atomic mass is 10.1. The molecule has 0 atom stereocenters. The lowest BCUT2D eigenvalue weighted by Gasteiger charge is -2.04. The first-order chi connectivity index (χ1) is 8.72. The molecule has 1 amide bonds. The van der Waals surface area contributed by atoms with Gasteiger partial charge in [-0.25, -0.2) is 0 Å². The van der Waals surface area contributed by atoms with Crippen molar-refractivity contribution in [3.63, 3.8) is 0 Å². The summed E-state index contributed by atoms with van der Waals surface area (Å²) >= 11 is 0. The van der Waals surface area contributed by atoms with Gasteiger partial charge >= 0.3 is 0 Å². The Balaban J connectivity index is 1.80. The van der Waals surface area contributed by atoms with E-state index in [1.54, 1.807) is 16.9 Å². The lowest BCUT2D eigenvalue weighted by Crippen LogP contribution is -2.13. The van der Waals surface area contributed by atoms with Crippen LogP contribution in [0.1, 0.15) is 21.5 Å². The number of nitrogens with zero attached hydrogens (tertiary/aromatic N) is 2. The molecule has 0 saturated carbocycles. The zero-order valence-corrected chi connectivity index (χ0v) is 10.1. The highest BCUT2D eigenvalue weighted by Crippen LogP contribution is 2.17. The molecule has 0 spiro atoms. The number of aryl methyl sites for hydroxylation is 1. The Bertz CT molecular complexity index is 603. The van der Waals surface area contributed by atoms with Gasteiger partial charge in [-0.1, -0.05) is 6.07 Å². The molecule has 0 radical (unpaired) electrons. The van der Waals surface area contributed by atoms with Crippen LogP contribution in [0.5, 0.6) is 0 Å². The summed E-state index contributed by atoms with van der Waals surface area (Å²) in [7, 11) is 1.82. The normalized spacial score (nSPS) is 13.4. The second-order valence-electron chi connectivity index (χ2n) is 4.42. The summed E-state index contributed by atoms with van der Waals surface area (Å²) in [5.74, 6) is 0.449. The maximum atomic E-state index is 12.0. The minimum Gasteiger partial charge on any atom is -0.309 e. The topological polar surface area (TPSA) is 59.0 Å². The fraction of sp³-hybridized carbons (Fsp3) is 0.231. The van der Waals surface area contributed by atoms with Crippen LogP contribution in [0, 0.1) is 0 Å². The highest BCUT2D eigenvalue weighted by molar-refractivity contribution is 6.03. The fourth-order valence-electron chi connectivity index (χ4n) is 2.11. The van der Waals surface area contributed by atoms with E-state index in [4.69, 9.17) is 0 Å². The van der Waals surface area contributed by atoms with Crippen molar-refractivity contribution in [2.24, 2.45) is 7.05 Å². The molecule has 1 aromatic carbocycles. The molecule has 2 N–H and O–H groups in total. The first-order valence-electron chi connectivity index (χ1n) is 5.86. The molecule has 1 aliphatic heterocycles. The number of anilines is 1. The van der Waals surface area contributed by atoms with E-state index in [1.165, 1.54) is 11.1 Å². The molecule has 0 aliphatic carbocycles. The minimum atomic E-state index is -0.122. The number of nitrogens with one attached hydrogen (secondary N) is 2. The summed E-state index contributed by atoms with van der Waals surface area (Å²) in [4.78, 5) is 12.0. The molecule has 0 fully saturated rings. The zero-order chi connectivity index (χ0) is 12.5. The van der Waals surface area contributed by atoms with Crippen molar-refractivity contribution in [1.82, 2.24) is 15.1 Å². The van der Waals surface area contributed by atoms with Crippen molar-refractivity contribution < 1.29 is 4.79 Å². The molecule has 5 heteroatoms. The van der Waals surface area contributed by atoms with Crippen molar-refractivity contribution in [1.29, 1.82) is 0 Å². The van der Waals surface area contributed by atoms with Crippen molar-refractivity contribution in [2.75, 3.05) is 5.32 Å². The number of benzene rings is 1. The van der Waals surface area contributed by atoms with Gasteiger partial charge in [0.2, 0.25) is 0 Å². The van der Waals surface area contributed by atoms with Crippen LogP contribution in [0.15, 0.2) is 30.5 Å². The average Bonchev–Trinajstić information content (AvgIpc) is 2.96. The van der Waals surface area contributed by atoms with Crippen LogP contribution in [-0.2, 0) is 20.1 Å². The molecule has 2 heterocycles. The molecule has 0 saturated heterocycles. The molecule has 0 bridgehead atoms. The van der Waals surface area contributed by atoms with Gasteiger partial charge < -0.3 is 10.6 Å². The maximum Gasteiger partial charge on any atom is 0.256 e. The number of carbonyl (C=O) groups excluding carboxylic acids is 1. The van der Waals surface area contributed by atoms with E-state index in [2.05, 4.69) is 15.7 Å². The molecule has 18 heavy (non-hydrogen) atoms. The summed E-state index contributed by atoms with van der Waals surface area (Å²) in [6, 6.07) is 7.56. The number of hydrogen-bond acceptors (Lipinski definition) is 3. The first-order valence-corrected chi connectivity index (χ1v) is 5.86. The Morgan fingerprint density at radius 3 is 2.94 bits per heavy atom. The van der Waals surface area contributed by atoms with Gasteiger partial charge in [-0.2, -0.15) is 5.10 Å². The molecule has 1 aliphatic rings. The van der Waals surface area contributed by atoms with Crippen LogP contribution in [0.25, 0.3) is 0 Å². The van der Waals surface area contributed by atoms with Gasteiger partial charge in [-0.3, -0.25) is 9.48 Å². The maximum absolute atomic E-state index is 12.0. The van der Waals surface area contributed by atoms with E-state index < -0.39 is 0 Å². The molecule has 0 unspecified atom stereocenters. The third-order valence-corrected chi connectivity index (χ3v) is 3.05. The zero-order valence-electron chi connectivity index (χ0n) is 10.1. The van der Waals surface area contributed by atoms with Gasteiger partial charge in [0.1, 0.15) is 0 Å². The second-order valence-corrected chi connectivity index (χ2v) is 4.42. The second kappa shape index (κ2) is 4.27. The van der Waals surface area contributed by atoms with Gasteiger partial charge in [0.05, 0.1) is 0 Å². The molecule has 3 rings (SSSR count). The lowest BCUT2D eigenvalue weighted by molar-refractivity contribution is 0.102. The predicted molar refractivity (Wildman–Crippen MR) is 68.1 cm³/mol. The van der Waals surface area contributed by atoms with Gasteiger partial charge in [0.25, 0.3) is 5.91 Å². The Morgan fingerprint density at radius 1 is 1.33 bits per heavy atom. The van der Waals surface area contributed by atoms with E-state index in [0.717, 1.165) is 13.1 Å².